The van der Waals surface area contributed by atoms with E-state index in [0.29, 0.717) is 10.0 Å². The summed E-state index contributed by atoms with van der Waals surface area (Å²) in [5.41, 5.74) is 6.18. The van der Waals surface area contributed by atoms with Gasteiger partial charge in [0, 0.05) is 15.6 Å². The summed E-state index contributed by atoms with van der Waals surface area (Å²) in [7, 11) is 0. The topological polar surface area (TPSA) is 43.1 Å². The van der Waals surface area contributed by atoms with Crippen LogP contribution in [0.3, 0.4) is 0 Å². The van der Waals surface area contributed by atoms with Crippen LogP contribution in [0.5, 0.6) is 0 Å². The fourth-order valence-electron chi connectivity index (χ4n) is 1.47. The minimum atomic E-state index is -0.581. The standard InChI is InChI=1S/C13H9BrFNO/c14-10-4-2-1-3-9(10)13(17)8-5-6-12(16)11(15)7-8/h1-7H,16H2. The molecule has 4 heteroatoms. The van der Waals surface area contributed by atoms with E-state index >= 15 is 0 Å². The number of rotatable bonds is 2. The first-order valence-corrected chi connectivity index (χ1v) is 5.73. The molecule has 0 aliphatic rings. The second-order valence-corrected chi connectivity index (χ2v) is 4.40. The van der Waals surface area contributed by atoms with E-state index in [1.54, 1.807) is 18.2 Å². The fourth-order valence-corrected chi connectivity index (χ4v) is 1.93. The van der Waals surface area contributed by atoms with Gasteiger partial charge in [0.1, 0.15) is 5.82 Å². The smallest absolute Gasteiger partial charge is 0.194 e. The van der Waals surface area contributed by atoms with Gasteiger partial charge >= 0.3 is 0 Å². The van der Waals surface area contributed by atoms with E-state index in [9.17, 15) is 9.18 Å². The summed E-state index contributed by atoms with van der Waals surface area (Å²) < 4.78 is 13.9. The van der Waals surface area contributed by atoms with Crippen molar-refractivity contribution in [2.75, 3.05) is 5.73 Å². The first kappa shape index (κ1) is 11.8. The van der Waals surface area contributed by atoms with Crippen molar-refractivity contribution in [1.29, 1.82) is 0 Å². The molecule has 0 amide bonds. The molecule has 0 bridgehead atoms. The molecule has 2 aromatic rings. The number of carbonyl (C=O) groups is 1. The lowest BCUT2D eigenvalue weighted by atomic mass is 10.0. The molecule has 2 aromatic carbocycles. The van der Waals surface area contributed by atoms with Gasteiger partial charge in [-0.1, -0.05) is 28.1 Å². The largest absolute Gasteiger partial charge is 0.396 e. The Labute approximate surface area is 106 Å². The summed E-state index contributed by atoms with van der Waals surface area (Å²) in [6.07, 6.45) is 0. The Kier molecular flexibility index (Phi) is 3.24. The zero-order chi connectivity index (χ0) is 12.4. The fraction of sp³-hybridized carbons (Fsp3) is 0. The van der Waals surface area contributed by atoms with E-state index in [1.165, 1.54) is 12.1 Å². The maximum absolute atomic E-state index is 13.3. The number of carbonyl (C=O) groups excluding carboxylic acids is 1. The van der Waals surface area contributed by atoms with Crippen LogP contribution in [0.25, 0.3) is 0 Å². The number of hydrogen-bond donors (Lipinski definition) is 1. The third-order valence-electron chi connectivity index (χ3n) is 2.38. The molecule has 0 saturated heterocycles. The molecule has 0 radical (unpaired) electrons. The van der Waals surface area contributed by atoms with Gasteiger partial charge in [-0.2, -0.15) is 0 Å². The number of nitrogen functional groups attached to an aromatic ring is 1. The highest BCUT2D eigenvalue weighted by molar-refractivity contribution is 9.10. The molecular weight excluding hydrogens is 285 g/mol. The lowest BCUT2D eigenvalue weighted by Gasteiger charge is -2.04. The van der Waals surface area contributed by atoms with Crippen molar-refractivity contribution in [2.45, 2.75) is 0 Å². The lowest BCUT2D eigenvalue weighted by Crippen LogP contribution is -2.03. The Balaban J connectivity index is 2.44. The van der Waals surface area contributed by atoms with Crippen molar-refractivity contribution in [2.24, 2.45) is 0 Å². The van der Waals surface area contributed by atoms with Crippen LogP contribution in [0.2, 0.25) is 0 Å². The molecule has 2 nitrogen and oxygen atoms in total. The SMILES string of the molecule is Nc1ccc(C(=O)c2ccccc2Br)cc1F. The number of anilines is 1. The summed E-state index contributed by atoms with van der Waals surface area (Å²) in [5, 5.41) is 0. The lowest BCUT2D eigenvalue weighted by molar-refractivity contribution is 0.103. The van der Waals surface area contributed by atoms with Crippen molar-refractivity contribution in [3.63, 3.8) is 0 Å². The van der Waals surface area contributed by atoms with E-state index in [1.807, 2.05) is 6.07 Å². The molecule has 17 heavy (non-hydrogen) atoms. The normalized spacial score (nSPS) is 10.2. The number of nitrogens with two attached hydrogens (primary N) is 1. The average molecular weight is 294 g/mol. The minimum absolute atomic E-state index is 0.0358. The molecule has 2 N–H and O–H groups in total. The molecule has 86 valence electrons. The van der Waals surface area contributed by atoms with Crippen LogP contribution in [0.15, 0.2) is 46.9 Å². The van der Waals surface area contributed by atoms with Crippen molar-refractivity contribution >= 4 is 27.4 Å². The molecule has 0 aromatic heterocycles. The van der Waals surface area contributed by atoms with Crippen LogP contribution in [0.4, 0.5) is 10.1 Å². The van der Waals surface area contributed by atoms with Crippen LogP contribution in [0.1, 0.15) is 15.9 Å². The zero-order valence-corrected chi connectivity index (χ0v) is 10.4. The van der Waals surface area contributed by atoms with Gasteiger partial charge in [0.15, 0.2) is 5.78 Å². The van der Waals surface area contributed by atoms with Crippen molar-refractivity contribution < 1.29 is 9.18 Å². The van der Waals surface area contributed by atoms with Crippen LogP contribution in [-0.2, 0) is 0 Å². The molecule has 0 saturated carbocycles. The van der Waals surface area contributed by atoms with Gasteiger partial charge in [-0.05, 0) is 30.3 Å². The highest BCUT2D eigenvalue weighted by Crippen LogP contribution is 2.21. The summed E-state index contributed by atoms with van der Waals surface area (Å²) in [4.78, 5) is 12.1. The monoisotopic (exact) mass is 293 g/mol. The average Bonchev–Trinajstić information content (AvgIpc) is 2.32. The van der Waals surface area contributed by atoms with Gasteiger partial charge in [0.2, 0.25) is 0 Å². The van der Waals surface area contributed by atoms with Crippen molar-refractivity contribution in [3.05, 3.63) is 63.9 Å². The molecule has 0 aliphatic heterocycles. The summed E-state index contributed by atoms with van der Waals surface area (Å²) >= 11 is 3.29. The molecule has 0 fully saturated rings. The minimum Gasteiger partial charge on any atom is -0.396 e. The second-order valence-electron chi connectivity index (χ2n) is 3.55. The molecule has 0 heterocycles. The quantitative estimate of drug-likeness (QED) is 0.681. The van der Waals surface area contributed by atoms with E-state index in [4.69, 9.17) is 5.73 Å². The predicted molar refractivity (Wildman–Crippen MR) is 68.4 cm³/mol. The van der Waals surface area contributed by atoms with Crippen LogP contribution in [-0.4, -0.2) is 5.78 Å². The highest BCUT2D eigenvalue weighted by atomic mass is 79.9. The zero-order valence-electron chi connectivity index (χ0n) is 8.78. The Bertz CT molecular complexity index is 583. The van der Waals surface area contributed by atoms with Gasteiger partial charge < -0.3 is 5.73 Å². The number of halogens is 2. The van der Waals surface area contributed by atoms with Crippen molar-refractivity contribution in [1.82, 2.24) is 0 Å². The molecule has 0 spiro atoms. The van der Waals surface area contributed by atoms with Gasteiger partial charge in [0.25, 0.3) is 0 Å². The van der Waals surface area contributed by atoms with Gasteiger partial charge in [-0.25, -0.2) is 4.39 Å². The Morgan fingerprint density at radius 3 is 2.53 bits per heavy atom. The molecule has 0 unspecified atom stereocenters. The van der Waals surface area contributed by atoms with Gasteiger partial charge in [-0.15, -0.1) is 0 Å². The van der Waals surface area contributed by atoms with Crippen LogP contribution < -0.4 is 5.73 Å². The first-order chi connectivity index (χ1) is 8.09. The van der Waals surface area contributed by atoms with E-state index < -0.39 is 5.82 Å². The van der Waals surface area contributed by atoms with Crippen molar-refractivity contribution in [3.8, 4) is 0 Å². The Morgan fingerprint density at radius 2 is 1.88 bits per heavy atom. The third-order valence-corrected chi connectivity index (χ3v) is 3.07. The summed E-state index contributed by atoms with van der Waals surface area (Å²) in [6.45, 7) is 0. The Hall–Kier alpha value is -1.68. The summed E-state index contributed by atoms with van der Waals surface area (Å²) in [5.74, 6) is -0.820. The van der Waals surface area contributed by atoms with Gasteiger partial charge in [-0.3, -0.25) is 4.79 Å². The molecule has 0 atom stereocenters. The van der Waals surface area contributed by atoms with Gasteiger partial charge in [0.05, 0.1) is 5.69 Å². The Morgan fingerprint density at radius 1 is 1.18 bits per heavy atom. The maximum atomic E-state index is 13.3. The van der Waals surface area contributed by atoms with E-state index in [2.05, 4.69) is 15.9 Å². The van der Waals surface area contributed by atoms with E-state index in [0.717, 1.165) is 6.07 Å². The van der Waals surface area contributed by atoms with E-state index in [-0.39, 0.29) is 17.0 Å². The first-order valence-electron chi connectivity index (χ1n) is 4.94. The maximum Gasteiger partial charge on any atom is 0.194 e. The molecule has 0 aliphatic carbocycles. The highest BCUT2D eigenvalue weighted by Gasteiger charge is 2.13. The number of benzene rings is 2. The predicted octanol–water partition coefficient (Wildman–Crippen LogP) is 3.40. The third kappa shape index (κ3) is 2.36. The number of hydrogen-bond acceptors (Lipinski definition) is 2. The summed E-state index contributed by atoms with van der Waals surface area (Å²) in [6, 6.07) is 11.1. The van der Waals surface area contributed by atoms with Crippen LogP contribution >= 0.6 is 15.9 Å². The number of ketones is 1. The second kappa shape index (κ2) is 4.67. The molecular formula is C13H9BrFNO. The molecule has 2 rings (SSSR count). The van der Waals surface area contributed by atoms with Crippen LogP contribution in [0, 0.1) is 5.82 Å².